The Hall–Kier alpha value is -1.67. The van der Waals surface area contributed by atoms with Gasteiger partial charge in [0.05, 0.1) is 0 Å². The lowest BCUT2D eigenvalue weighted by Crippen LogP contribution is -2.32. The number of aliphatic carboxylic acids is 1. The summed E-state index contributed by atoms with van der Waals surface area (Å²) < 4.78 is 36.4. The van der Waals surface area contributed by atoms with Gasteiger partial charge in [0.2, 0.25) is 0 Å². The van der Waals surface area contributed by atoms with Gasteiger partial charge in [0.25, 0.3) is 0 Å². The van der Waals surface area contributed by atoms with Crippen molar-refractivity contribution < 1.29 is 26.4 Å². The molecular weight excluding hydrogens is 253 g/mol. The molecule has 0 aliphatic rings. The fourth-order valence-corrected chi connectivity index (χ4v) is 1.48. The van der Waals surface area contributed by atoms with E-state index in [1.165, 1.54) is 24.3 Å². The highest BCUT2D eigenvalue weighted by Gasteiger charge is 2.13. The molecule has 0 bridgehead atoms. The predicted octanol–water partition coefficient (Wildman–Crippen LogP) is 0.234. The summed E-state index contributed by atoms with van der Waals surface area (Å²) in [6.45, 7) is 0. The summed E-state index contributed by atoms with van der Waals surface area (Å²) in [5.74, 6) is -1.34. The van der Waals surface area contributed by atoms with Crippen LogP contribution in [0.3, 0.4) is 0 Å². The van der Waals surface area contributed by atoms with Gasteiger partial charge in [0.1, 0.15) is 11.8 Å². The lowest BCUT2D eigenvalue weighted by Gasteiger charge is -2.06. The van der Waals surface area contributed by atoms with Crippen molar-refractivity contribution in [3.8, 4) is 5.75 Å². The average Bonchev–Trinajstić information content (AvgIpc) is 2.18. The fraction of sp³-hybridized carbons (Fsp3) is 0.222. The Labute approximate surface area is 97.2 Å². The van der Waals surface area contributed by atoms with Crippen molar-refractivity contribution in [2.45, 2.75) is 12.5 Å². The van der Waals surface area contributed by atoms with Crippen LogP contribution in [-0.2, 0) is 21.7 Å². The molecule has 8 heteroatoms. The lowest BCUT2D eigenvalue weighted by atomic mass is 10.1. The van der Waals surface area contributed by atoms with Crippen molar-refractivity contribution >= 4 is 16.5 Å². The monoisotopic (exact) mass is 263 g/mol. The maximum Gasteiger partial charge on any atom is 0.488 e. The van der Waals surface area contributed by atoms with E-state index in [1.807, 2.05) is 0 Å². The molecule has 3 N–H and O–H groups in total. The normalized spacial score (nSPS) is 13.1. The molecule has 0 spiro atoms. The Bertz CT molecular complexity index is 499. The van der Waals surface area contributed by atoms with Crippen LogP contribution in [0.5, 0.6) is 5.75 Å². The van der Waals surface area contributed by atoms with E-state index < -0.39 is 22.5 Å². The quantitative estimate of drug-likeness (QED) is 0.737. The minimum atomic E-state index is -5.05. The number of benzene rings is 1. The zero-order valence-corrected chi connectivity index (χ0v) is 9.35. The van der Waals surface area contributed by atoms with Crippen LogP contribution in [-0.4, -0.2) is 25.5 Å². The van der Waals surface area contributed by atoms with Crippen LogP contribution in [0.4, 0.5) is 3.89 Å². The summed E-state index contributed by atoms with van der Waals surface area (Å²) in [6, 6.07) is 4.18. The summed E-state index contributed by atoms with van der Waals surface area (Å²) in [6.07, 6.45) is 0.0813. The summed E-state index contributed by atoms with van der Waals surface area (Å²) in [5.41, 5.74) is 5.87. The second-order valence-electron chi connectivity index (χ2n) is 3.27. The number of hydrogen-bond acceptors (Lipinski definition) is 5. The number of hydrogen-bond donors (Lipinski definition) is 2. The first-order chi connectivity index (χ1) is 7.78. The second kappa shape index (κ2) is 5.11. The van der Waals surface area contributed by atoms with Gasteiger partial charge in [-0.1, -0.05) is 16.0 Å². The SMILES string of the molecule is N[C@@H](Cc1ccc(OS(=O)(=O)F)cc1)C(=O)O. The van der Waals surface area contributed by atoms with Crippen LogP contribution in [0, 0.1) is 0 Å². The predicted molar refractivity (Wildman–Crippen MR) is 56.4 cm³/mol. The zero-order chi connectivity index (χ0) is 13.1. The molecule has 0 fully saturated rings. The van der Waals surface area contributed by atoms with Gasteiger partial charge in [0, 0.05) is 0 Å². The van der Waals surface area contributed by atoms with Crippen LogP contribution in [0.25, 0.3) is 0 Å². The molecule has 0 saturated carbocycles. The Morgan fingerprint density at radius 2 is 1.94 bits per heavy atom. The fourth-order valence-electron chi connectivity index (χ4n) is 1.14. The molecular formula is C9H10FNO5S. The first-order valence-electron chi connectivity index (χ1n) is 4.49. The summed E-state index contributed by atoms with van der Waals surface area (Å²) in [5, 5.41) is 8.57. The van der Waals surface area contributed by atoms with Crippen molar-refractivity contribution in [2.24, 2.45) is 5.73 Å². The first kappa shape index (κ1) is 13.4. The van der Waals surface area contributed by atoms with Crippen LogP contribution < -0.4 is 9.92 Å². The third-order valence-corrected chi connectivity index (χ3v) is 2.28. The van der Waals surface area contributed by atoms with Crippen LogP contribution in [0.1, 0.15) is 5.56 Å². The van der Waals surface area contributed by atoms with Crippen molar-refractivity contribution in [1.82, 2.24) is 0 Å². The summed E-state index contributed by atoms with van der Waals surface area (Å²) in [4.78, 5) is 10.5. The molecule has 0 heterocycles. The second-order valence-corrected chi connectivity index (χ2v) is 4.22. The number of nitrogens with two attached hydrogens (primary N) is 1. The zero-order valence-electron chi connectivity index (χ0n) is 8.54. The van der Waals surface area contributed by atoms with E-state index in [-0.39, 0.29) is 12.2 Å². The van der Waals surface area contributed by atoms with E-state index in [0.717, 1.165) is 0 Å². The summed E-state index contributed by atoms with van der Waals surface area (Å²) in [7, 11) is -5.05. The van der Waals surface area contributed by atoms with Gasteiger partial charge in [-0.25, -0.2) is 0 Å². The Kier molecular flexibility index (Phi) is 4.02. The third kappa shape index (κ3) is 4.79. The van der Waals surface area contributed by atoms with Gasteiger partial charge in [-0.2, -0.15) is 8.42 Å². The number of rotatable bonds is 5. The highest BCUT2D eigenvalue weighted by Crippen LogP contribution is 2.15. The molecule has 1 atom stereocenters. The van der Waals surface area contributed by atoms with Gasteiger partial charge >= 0.3 is 16.5 Å². The molecule has 0 unspecified atom stereocenters. The first-order valence-corrected chi connectivity index (χ1v) is 5.80. The molecule has 0 aliphatic carbocycles. The largest absolute Gasteiger partial charge is 0.488 e. The molecule has 1 rings (SSSR count). The minimum absolute atomic E-state index is 0.0813. The van der Waals surface area contributed by atoms with Crippen molar-refractivity contribution in [1.29, 1.82) is 0 Å². The Morgan fingerprint density at radius 3 is 2.35 bits per heavy atom. The maximum atomic E-state index is 12.1. The molecule has 17 heavy (non-hydrogen) atoms. The van der Waals surface area contributed by atoms with Gasteiger partial charge in [-0.3, -0.25) is 4.79 Å². The Morgan fingerprint density at radius 1 is 1.41 bits per heavy atom. The summed E-state index contributed by atoms with van der Waals surface area (Å²) >= 11 is 0. The molecule has 1 aromatic carbocycles. The number of carboxylic acids is 1. The van der Waals surface area contributed by atoms with Crippen molar-refractivity contribution in [2.75, 3.05) is 0 Å². The van der Waals surface area contributed by atoms with E-state index in [9.17, 15) is 17.1 Å². The highest BCUT2D eigenvalue weighted by atomic mass is 32.3. The topological polar surface area (TPSA) is 107 Å². The van der Waals surface area contributed by atoms with E-state index in [1.54, 1.807) is 0 Å². The minimum Gasteiger partial charge on any atom is -0.480 e. The van der Waals surface area contributed by atoms with Crippen LogP contribution >= 0.6 is 0 Å². The van der Waals surface area contributed by atoms with E-state index in [2.05, 4.69) is 4.18 Å². The lowest BCUT2D eigenvalue weighted by molar-refractivity contribution is -0.138. The van der Waals surface area contributed by atoms with Gasteiger partial charge in [-0.15, -0.1) is 0 Å². The highest BCUT2D eigenvalue weighted by molar-refractivity contribution is 7.81. The van der Waals surface area contributed by atoms with Gasteiger partial charge in [0.15, 0.2) is 0 Å². The van der Waals surface area contributed by atoms with E-state index >= 15 is 0 Å². The van der Waals surface area contributed by atoms with E-state index in [0.29, 0.717) is 5.56 Å². The number of carboxylic acid groups (broad SMARTS) is 1. The van der Waals surface area contributed by atoms with Crippen LogP contribution in [0.2, 0.25) is 0 Å². The maximum absolute atomic E-state index is 12.1. The molecule has 0 aliphatic heterocycles. The van der Waals surface area contributed by atoms with Crippen molar-refractivity contribution in [3.63, 3.8) is 0 Å². The molecule has 0 saturated heterocycles. The molecule has 1 aromatic rings. The van der Waals surface area contributed by atoms with Gasteiger partial charge < -0.3 is 15.0 Å². The number of halogens is 1. The third-order valence-electron chi connectivity index (χ3n) is 1.89. The Balaban J connectivity index is 2.72. The smallest absolute Gasteiger partial charge is 0.480 e. The van der Waals surface area contributed by atoms with Crippen molar-refractivity contribution in [3.05, 3.63) is 29.8 Å². The molecule has 0 amide bonds. The van der Waals surface area contributed by atoms with Gasteiger partial charge in [-0.05, 0) is 24.1 Å². The molecule has 0 radical (unpaired) electrons. The molecule has 0 aromatic heterocycles. The van der Waals surface area contributed by atoms with E-state index in [4.69, 9.17) is 10.8 Å². The average molecular weight is 263 g/mol. The molecule has 6 nitrogen and oxygen atoms in total. The van der Waals surface area contributed by atoms with Crippen LogP contribution in [0.15, 0.2) is 24.3 Å². The number of carbonyl (C=O) groups is 1. The molecule has 94 valence electrons. The standard InChI is InChI=1S/C9H10FNO5S/c10-17(14,15)16-7-3-1-6(2-4-7)5-8(11)9(12)13/h1-4,8H,5,11H2,(H,12,13)/t8-/m0/s1.